The summed E-state index contributed by atoms with van der Waals surface area (Å²) in [5.74, 6) is -1.33. The number of fused-ring (bicyclic) bond motifs is 3. The summed E-state index contributed by atoms with van der Waals surface area (Å²) in [5.41, 5.74) is 9.81. The van der Waals surface area contributed by atoms with E-state index in [0.717, 1.165) is 42.3 Å². The predicted octanol–water partition coefficient (Wildman–Crippen LogP) is 3.26. The third kappa shape index (κ3) is 7.72. The zero-order valence-electron chi connectivity index (χ0n) is 21.1. The SMILES string of the molecule is N/C(=C\C=NCC(=O)NCCCCCCCC(=O)O)c1cc(Cl)c(Cl)c2[nH]c3c(c12)CN(C(=O)CO)CC3. The van der Waals surface area contributed by atoms with Crippen molar-refractivity contribution < 1.29 is 24.6 Å². The topological polar surface area (TPSA) is 161 Å². The van der Waals surface area contributed by atoms with E-state index < -0.39 is 12.6 Å². The second-order valence-corrected chi connectivity index (χ2v) is 9.93. The van der Waals surface area contributed by atoms with Gasteiger partial charge in [0.25, 0.3) is 0 Å². The molecule has 2 aromatic rings. The van der Waals surface area contributed by atoms with Crippen LogP contribution in [0.5, 0.6) is 0 Å². The largest absolute Gasteiger partial charge is 0.481 e. The van der Waals surface area contributed by atoms with Crippen molar-refractivity contribution in [1.29, 1.82) is 0 Å². The molecule has 0 bridgehead atoms. The number of rotatable bonds is 13. The van der Waals surface area contributed by atoms with Gasteiger partial charge in [0.05, 0.1) is 15.6 Å². The van der Waals surface area contributed by atoms with Gasteiger partial charge in [0.15, 0.2) is 0 Å². The average molecular weight is 566 g/mol. The lowest BCUT2D eigenvalue weighted by Gasteiger charge is -2.27. The molecule has 0 saturated heterocycles. The highest BCUT2D eigenvalue weighted by molar-refractivity contribution is 6.45. The van der Waals surface area contributed by atoms with Crippen LogP contribution in [-0.2, 0) is 27.3 Å². The van der Waals surface area contributed by atoms with E-state index in [4.69, 9.17) is 34.0 Å². The Hall–Kier alpha value is -3.08. The lowest BCUT2D eigenvalue weighted by molar-refractivity contribution is -0.137. The van der Waals surface area contributed by atoms with Crippen LogP contribution in [0.25, 0.3) is 16.6 Å². The minimum atomic E-state index is -0.772. The maximum atomic E-state index is 12.1. The summed E-state index contributed by atoms with van der Waals surface area (Å²) in [6.45, 7) is 0.728. The molecule has 0 aliphatic carbocycles. The molecule has 38 heavy (non-hydrogen) atoms. The number of nitrogens with two attached hydrogens (primary N) is 1. The molecule has 1 aromatic heterocycles. The molecule has 2 amide bonds. The van der Waals surface area contributed by atoms with Gasteiger partial charge >= 0.3 is 5.97 Å². The van der Waals surface area contributed by atoms with Gasteiger partial charge in [-0.05, 0) is 25.0 Å². The number of carboxylic acid groups (broad SMARTS) is 1. The lowest BCUT2D eigenvalue weighted by Crippen LogP contribution is -2.37. The first-order valence-electron chi connectivity index (χ1n) is 12.6. The first-order valence-corrected chi connectivity index (χ1v) is 13.3. The summed E-state index contributed by atoms with van der Waals surface area (Å²) < 4.78 is 0. The number of nitrogens with zero attached hydrogens (tertiary/aromatic N) is 2. The van der Waals surface area contributed by atoms with Gasteiger partial charge < -0.3 is 31.1 Å². The van der Waals surface area contributed by atoms with Crippen LogP contribution in [0.3, 0.4) is 0 Å². The molecule has 206 valence electrons. The van der Waals surface area contributed by atoms with Crippen LogP contribution in [-0.4, -0.2) is 70.3 Å². The molecule has 3 rings (SSSR count). The number of aromatic amines is 1. The average Bonchev–Trinajstić information content (AvgIpc) is 3.28. The van der Waals surface area contributed by atoms with E-state index in [-0.39, 0.29) is 24.8 Å². The third-order valence-electron chi connectivity index (χ3n) is 6.43. The molecule has 12 heteroatoms. The number of H-pyrrole nitrogens is 1. The number of carboxylic acids is 1. The number of hydrogen-bond acceptors (Lipinski definition) is 6. The summed E-state index contributed by atoms with van der Waals surface area (Å²) in [6.07, 6.45) is 8.06. The summed E-state index contributed by atoms with van der Waals surface area (Å²) in [7, 11) is 0. The Morgan fingerprint density at radius 1 is 1.18 bits per heavy atom. The van der Waals surface area contributed by atoms with Crippen molar-refractivity contribution in [3.63, 3.8) is 0 Å². The monoisotopic (exact) mass is 565 g/mol. The zero-order chi connectivity index (χ0) is 27.7. The van der Waals surface area contributed by atoms with Crippen molar-refractivity contribution in [3.8, 4) is 0 Å². The summed E-state index contributed by atoms with van der Waals surface area (Å²) in [6, 6.07) is 1.67. The van der Waals surface area contributed by atoms with Crippen LogP contribution in [0, 0.1) is 0 Å². The Balaban J connectivity index is 1.60. The van der Waals surface area contributed by atoms with Gasteiger partial charge in [-0.25, -0.2) is 0 Å². The molecular formula is C26H33Cl2N5O5. The first-order chi connectivity index (χ1) is 18.2. The molecule has 6 N–H and O–H groups in total. The van der Waals surface area contributed by atoms with Gasteiger partial charge in [-0.15, -0.1) is 0 Å². The molecule has 0 atom stereocenters. The number of carbonyl (C=O) groups is 3. The number of aliphatic carboxylic acids is 1. The lowest BCUT2D eigenvalue weighted by atomic mass is 9.99. The molecule has 0 saturated carbocycles. The fourth-order valence-corrected chi connectivity index (χ4v) is 4.85. The molecule has 0 radical (unpaired) electrons. The highest BCUT2D eigenvalue weighted by atomic mass is 35.5. The van der Waals surface area contributed by atoms with Crippen LogP contribution in [0.15, 0.2) is 17.1 Å². The van der Waals surface area contributed by atoms with Crippen LogP contribution < -0.4 is 11.1 Å². The fourth-order valence-electron chi connectivity index (χ4n) is 4.45. The van der Waals surface area contributed by atoms with E-state index in [1.165, 1.54) is 6.21 Å². The van der Waals surface area contributed by atoms with Crippen molar-refractivity contribution >= 4 is 63.8 Å². The van der Waals surface area contributed by atoms with Crippen LogP contribution in [0.4, 0.5) is 0 Å². The minimum Gasteiger partial charge on any atom is -0.481 e. The smallest absolute Gasteiger partial charge is 0.303 e. The standard InChI is InChI=1S/C26H33Cl2N5O5/c27-18-12-16(24-17-14-33(22(36)15-34)11-8-20(17)32-26(24)25(18)28)19(29)7-10-30-13-21(35)31-9-5-3-1-2-4-6-23(37)38/h7,10,12,32,34H,1-6,8-9,11,13-15,29H2,(H,31,35)(H,37,38)/b19-7-,30-10?. The van der Waals surface area contributed by atoms with E-state index in [1.807, 2.05) is 0 Å². The second kappa shape index (κ2) is 14.2. The Labute approximate surface area is 230 Å². The molecule has 0 unspecified atom stereocenters. The van der Waals surface area contributed by atoms with E-state index in [0.29, 0.717) is 59.3 Å². The van der Waals surface area contributed by atoms with Gasteiger partial charge in [0.1, 0.15) is 13.2 Å². The molecular weight excluding hydrogens is 533 g/mol. The minimum absolute atomic E-state index is 0.0447. The van der Waals surface area contributed by atoms with E-state index in [1.54, 1.807) is 17.0 Å². The number of hydrogen-bond donors (Lipinski definition) is 5. The van der Waals surface area contributed by atoms with E-state index >= 15 is 0 Å². The first kappa shape index (κ1) is 29.5. The van der Waals surface area contributed by atoms with E-state index in [9.17, 15) is 19.5 Å². The predicted molar refractivity (Wildman–Crippen MR) is 148 cm³/mol. The van der Waals surface area contributed by atoms with Gasteiger partial charge in [0, 0.05) is 66.6 Å². The maximum Gasteiger partial charge on any atom is 0.303 e. The number of nitrogens with one attached hydrogen (secondary N) is 2. The molecule has 1 aliphatic rings. The number of aliphatic hydroxyl groups excluding tert-OH is 1. The van der Waals surface area contributed by atoms with Crippen molar-refractivity contribution in [2.24, 2.45) is 10.7 Å². The van der Waals surface area contributed by atoms with Crippen LogP contribution in [0.2, 0.25) is 10.0 Å². The Bertz CT molecular complexity index is 1240. The van der Waals surface area contributed by atoms with Crippen molar-refractivity contribution in [1.82, 2.24) is 15.2 Å². The number of unbranched alkanes of at least 4 members (excludes halogenated alkanes) is 4. The van der Waals surface area contributed by atoms with E-state index in [2.05, 4.69) is 15.3 Å². The van der Waals surface area contributed by atoms with Crippen molar-refractivity contribution in [2.75, 3.05) is 26.2 Å². The van der Waals surface area contributed by atoms with Crippen LogP contribution >= 0.6 is 23.2 Å². The zero-order valence-corrected chi connectivity index (χ0v) is 22.6. The Morgan fingerprint density at radius 2 is 1.92 bits per heavy atom. The quantitative estimate of drug-likeness (QED) is 0.185. The number of aliphatic imine (C=N–C) groups is 1. The van der Waals surface area contributed by atoms with Gasteiger partial charge in [-0.1, -0.05) is 42.5 Å². The number of benzene rings is 1. The summed E-state index contributed by atoms with van der Waals surface area (Å²) in [5, 5.41) is 22.1. The van der Waals surface area contributed by atoms with Gasteiger partial charge in [-0.3, -0.25) is 19.4 Å². The number of aliphatic hydroxyl groups is 1. The fraction of sp³-hybridized carbons (Fsp3) is 0.462. The molecule has 0 spiro atoms. The Morgan fingerprint density at radius 3 is 2.66 bits per heavy atom. The third-order valence-corrected chi connectivity index (χ3v) is 7.21. The normalized spacial score (nSPS) is 13.8. The highest BCUT2D eigenvalue weighted by Gasteiger charge is 2.27. The highest BCUT2D eigenvalue weighted by Crippen LogP contribution is 2.39. The number of allylic oxidation sites excluding steroid dienone is 1. The van der Waals surface area contributed by atoms with Gasteiger partial charge in [0.2, 0.25) is 11.8 Å². The van der Waals surface area contributed by atoms with Crippen molar-refractivity contribution in [2.45, 2.75) is 51.5 Å². The molecule has 1 aromatic carbocycles. The van der Waals surface area contributed by atoms with Crippen LogP contribution in [0.1, 0.15) is 55.3 Å². The summed E-state index contributed by atoms with van der Waals surface area (Å²) in [4.78, 5) is 43.6. The molecule has 1 aliphatic heterocycles. The maximum absolute atomic E-state index is 12.1. The van der Waals surface area contributed by atoms with Gasteiger partial charge in [-0.2, -0.15) is 0 Å². The number of aromatic nitrogens is 1. The molecule has 0 fully saturated rings. The second-order valence-electron chi connectivity index (χ2n) is 9.15. The number of halogens is 2. The molecule has 10 nitrogen and oxygen atoms in total. The number of amides is 2. The Kier molecular flexibility index (Phi) is 11.0. The number of carbonyl (C=O) groups excluding carboxylic acids is 2. The van der Waals surface area contributed by atoms with Crippen molar-refractivity contribution in [3.05, 3.63) is 39.0 Å². The molecule has 2 heterocycles. The summed E-state index contributed by atoms with van der Waals surface area (Å²) >= 11 is 12.8.